The molecule has 3 aromatic rings. The number of aromatic nitrogens is 3. The van der Waals surface area contributed by atoms with Gasteiger partial charge in [0.2, 0.25) is 11.1 Å². The van der Waals surface area contributed by atoms with E-state index in [-0.39, 0.29) is 11.7 Å². The highest BCUT2D eigenvalue weighted by Crippen LogP contribution is 2.24. The number of halogens is 1. The van der Waals surface area contributed by atoms with Gasteiger partial charge in [-0.15, -0.1) is 5.10 Å². The van der Waals surface area contributed by atoms with Crippen LogP contribution in [0.1, 0.15) is 19.4 Å². The zero-order valence-electron chi connectivity index (χ0n) is 14.5. The Bertz CT molecular complexity index is 877. The third-order valence-corrected chi connectivity index (χ3v) is 4.82. The highest BCUT2D eigenvalue weighted by Gasteiger charge is 2.17. The SMILES string of the molecule is CCc1ccc(-c2nc(SC(C)C(=O)Nc3ccc(F)cc3)n[nH]2)cc1. The molecule has 7 heteroatoms. The van der Waals surface area contributed by atoms with E-state index in [0.29, 0.717) is 16.7 Å². The Kier molecular flexibility index (Phi) is 5.68. The molecule has 0 aliphatic heterocycles. The number of aromatic amines is 1. The van der Waals surface area contributed by atoms with Crippen LogP contribution in [0.15, 0.2) is 53.7 Å². The number of rotatable bonds is 6. The highest BCUT2D eigenvalue weighted by atomic mass is 32.2. The van der Waals surface area contributed by atoms with Crippen LogP contribution < -0.4 is 5.32 Å². The quantitative estimate of drug-likeness (QED) is 0.635. The number of anilines is 1. The molecule has 2 N–H and O–H groups in total. The number of amides is 1. The van der Waals surface area contributed by atoms with E-state index in [4.69, 9.17) is 0 Å². The fraction of sp³-hybridized carbons (Fsp3) is 0.211. The summed E-state index contributed by atoms with van der Waals surface area (Å²) in [6, 6.07) is 13.8. The molecule has 2 aromatic carbocycles. The Hall–Kier alpha value is -2.67. The molecular formula is C19H19FN4OS. The molecule has 3 rings (SSSR count). The molecule has 1 unspecified atom stereocenters. The van der Waals surface area contributed by atoms with E-state index in [2.05, 4.69) is 39.6 Å². The number of benzene rings is 2. The molecule has 0 spiro atoms. The van der Waals surface area contributed by atoms with Gasteiger partial charge in [0.25, 0.3) is 0 Å². The fourth-order valence-corrected chi connectivity index (χ4v) is 3.04. The Labute approximate surface area is 155 Å². The topological polar surface area (TPSA) is 70.7 Å². The van der Waals surface area contributed by atoms with Crippen molar-refractivity contribution in [2.75, 3.05) is 5.32 Å². The summed E-state index contributed by atoms with van der Waals surface area (Å²) in [5.74, 6) is 0.132. The number of hydrogen-bond donors (Lipinski definition) is 2. The second-order valence-electron chi connectivity index (χ2n) is 5.77. The van der Waals surface area contributed by atoms with Gasteiger partial charge in [-0.3, -0.25) is 9.89 Å². The third-order valence-electron chi connectivity index (χ3n) is 3.86. The third kappa shape index (κ3) is 4.49. The first-order valence-corrected chi connectivity index (χ1v) is 9.18. The first kappa shape index (κ1) is 18.1. The van der Waals surface area contributed by atoms with Crippen LogP contribution in [-0.4, -0.2) is 26.3 Å². The van der Waals surface area contributed by atoms with Crippen molar-refractivity contribution in [2.24, 2.45) is 0 Å². The predicted molar refractivity (Wildman–Crippen MR) is 102 cm³/mol. The second-order valence-corrected chi connectivity index (χ2v) is 7.08. The summed E-state index contributed by atoms with van der Waals surface area (Å²) in [5, 5.41) is 9.93. The predicted octanol–water partition coefficient (Wildman–Crippen LogP) is 4.29. The average molecular weight is 370 g/mol. The molecule has 134 valence electrons. The molecule has 26 heavy (non-hydrogen) atoms. The largest absolute Gasteiger partial charge is 0.325 e. The van der Waals surface area contributed by atoms with Crippen LogP contribution in [0.3, 0.4) is 0 Å². The molecule has 0 aliphatic carbocycles. The van der Waals surface area contributed by atoms with Crippen LogP contribution in [0.5, 0.6) is 0 Å². The van der Waals surface area contributed by atoms with Crippen molar-refractivity contribution < 1.29 is 9.18 Å². The number of carbonyl (C=O) groups is 1. The van der Waals surface area contributed by atoms with Gasteiger partial charge in [0.15, 0.2) is 5.82 Å². The lowest BCUT2D eigenvalue weighted by molar-refractivity contribution is -0.115. The molecular weight excluding hydrogens is 351 g/mol. The molecule has 0 saturated heterocycles. The standard InChI is InChI=1S/C19H19FN4OS/c1-3-13-4-6-14(7-5-13)17-22-19(24-23-17)26-12(2)18(25)21-16-10-8-15(20)9-11-16/h4-12H,3H2,1-2H3,(H,21,25)(H,22,23,24). The summed E-state index contributed by atoms with van der Waals surface area (Å²) < 4.78 is 12.9. The second kappa shape index (κ2) is 8.14. The van der Waals surface area contributed by atoms with Crippen molar-refractivity contribution in [2.45, 2.75) is 30.7 Å². The molecule has 1 heterocycles. The van der Waals surface area contributed by atoms with Gasteiger partial charge in [0.05, 0.1) is 5.25 Å². The number of hydrogen-bond acceptors (Lipinski definition) is 4. The molecule has 0 aliphatic rings. The number of carbonyl (C=O) groups excluding carboxylic acids is 1. The van der Waals surface area contributed by atoms with Gasteiger partial charge in [-0.1, -0.05) is 43.0 Å². The van der Waals surface area contributed by atoms with Crippen LogP contribution in [0.4, 0.5) is 10.1 Å². The summed E-state index contributed by atoms with van der Waals surface area (Å²) in [6.07, 6.45) is 0.985. The maximum atomic E-state index is 12.9. The number of aryl methyl sites for hydroxylation is 1. The minimum absolute atomic E-state index is 0.194. The van der Waals surface area contributed by atoms with Gasteiger partial charge in [-0.2, -0.15) is 0 Å². The number of thioether (sulfide) groups is 1. The normalized spacial score (nSPS) is 12.0. The van der Waals surface area contributed by atoms with E-state index < -0.39 is 5.25 Å². The van der Waals surface area contributed by atoms with Crippen molar-refractivity contribution in [3.8, 4) is 11.4 Å². The van der Waals surface area contributed by atoms with E-state index in [1.54, 1.807) is 6.92 Å². The Morgan fingerprint density at radius 1 is 1.19 bits per heavy atom. The Balaban J connectivity index is 1.62. The summed E-state index contributed by atoms with van der Waals surface area (Å²) >= 11 is 1.26. The molecule has 0 radical (unpaired) electrons. The first-order valence-electron chi connectivity index (χ1n) is 8.30. The lowest BCUT2D eigenvalue weighted by Gasteiger charge is -2.09. The van der Waals surface area contributed by atoms with E-state index in [9.17, 15) is 9.18 Å². The highest BCUT2D eigenvalue weighted by molar-refractivity contribution is 8.00. The van der Waals surface area contributed by atoms with Crippen molar-refractivity contribution in [3.05, 3.63) is 59.9 Å². The van der Waals surface area contributed by atoms with Gasteiger partial charge in [0.1, 0.15) is 5.82 Å². The van der Waals surface area contributed by atoms with E-state index in [1.165, 1.54) is 41.6 Å². The van der Waals surface area contributed by atoms with Crippen LogP contribution >= 0.6 is 11.8 Å². The monoisotopic (exact) mass is 370 g/mol. The maximum absolute atomic E-state index is 12.9. The van der Waals surface area contributed by atoms with Crippen LogP contribution in [0, 0.1) is 5.82 Å². The maximum Gasteiger partial charge on any atom is 0.237 e. The zero-order chi connectivity index (χ0) is 18.5. The van der Waals surface area contributed by atoms with Gasteiger partial charge >= 0.3 is 0 Å². The van der Waals surface area contributed by atoms with Crippen LogP contribution in [0.2, 0.25) is 0 Å². The van der Waals surface area contributed by atoms with E-state index in [1.807, 2.05) is 12.1 Å². The van der Waals surface area contributed by atoms with Crippen LogP contribution in [0.25, 0.3) is 11.4 Å². The molecule has 5 nitrogen and oxygen atoms in total. The minimum Gasteiger partial charge on any atom is -0.325 e. The molecule has 0 saturated carbocycles. The number of nitrogens with one attached hydrogen (secondary N) is 2. The summed E-state index contributed by atoms with van der Waals surface area (Å²) in [7, 11) is 0. The fourth-order valence-electron chi connectivity index (χ4n) is 2.32. The molecule has 1 aromatic heterocycles. The lowest BCUT2D eigenvalue weighted by Crippen LogP contribution is -2.22. The van der Waals surface area contributed by atoms with Gasteiger partial charge in [-0.25, -0.2) is 9.37 Å². The number of nitrogens with zero attached hydrogens (tertiary/aromatic N) is 2. The van der Waals surface area contributed by atoms with E-state index >= 15 is 0 Å². The Morgan fingerprint density at radius 3 is 2.54 bits per heavy atom. The minimum atomic E-state index is -0.397. The van der Waals surface area contributed by atoms with Gasteiger partial charge in [-0.05, 0) is 43.2 Å². The van der Waals surface area contributed by atoms with Gasteiger partial charge < -0.3 is 5.32 Å². The molecule has 1 amide bonds. The summed E-state index contributed by atoms with van der Waals surface area (Å²) in [4.78, 5) is 16.7. The van der Waals surface area contributed by atoms with Crippen molar-refractivity contribution in [1.82, 2.24) is 15.2 Å². The number of H-pyrrole nitrogens is 1. The molecule has 0 fully saturated rings. The average Bonchev–Trinajstić information content (AvgIpc) is 3.12. The van der Waals surface area contributed by atoms with Crippen molar-refractivity contribution in [3.63, 3.8) is 0 Å². The molecule has 0 bridgehead atoms. The van der Waals surface area contributed by atoms with Gasteiger partial charge in [0, 0.05) is 11.3 Å². The van der Waals surface area contributed by atoms with Crippen LogP contribution in [-0.2, 0) is 11.2 Å². The van der Waals surface area contributed by atoms with Crippen molar-refractivity contribution >= 4 is 23.4 Å². The Morgan fingerprint density at radius 2 is 1.88 bits per heavy atom. The van der Waals surface area contributed by atoms with E-state index in [0.717, 1.165) is 12.0 Å². The first-order chi connectivity index (χ1) is 12.5. The lowest BCUT2D eigenvalue weighted by atomic mass is 10.1. The van der Waals surface area contributed by atoms with Crippen molar-refractivity contribution in [1.29, 1.82) is 0 Å². The smallest absolute Gasteiger partial charge is 0.237 e. The molecule has 1 atom stereocenters. The zero-order valence-corrected chi connectivity index (χ0v) is 15.3. The summed E-state index contributed by atoms with van der Waals surface area (Å²) in [6.45, 7) is 3.88. The summed E-state index contributed by atoms with van der Waals surface area (Å²) in [5.41, 5.74) is 2.76.